The highest BCUT2D eigenvalue weighted by Gasteiger charge is 2.37. The van der Waals surface area contributed by atoms with Crippen molar-refractivity contribution < 1.29 is 21.6 Å². The molecule has 0 fully saturated rings. The van der Waals surface area contributed by atoms with E-state index in [1.165, 1.54) is 6.07 Å². The smallest absolute Gasteiger partial charge is 0.207 e. The van der Waals surface area contributed by atoms with Gasteiger partial charge in [0.15, 0.2) is 0 Å². The quantitative estimate of drug-likeness (QED) is 0.925. The lowest BCUT2D eigenvalue weighted by molar-refractivity contribution is -0.139. The van der Waals surface area contributed by atoms with Crippen LogP contribution in [0.25, 0.3) is 0 Å². The number of rotatable bonds is 4. The standard InChI is InChI=1S/C11H11F3N2O2S/c1-2-8(7-15)16-19(17,18)10-6-4-3-5-9(10)11(12,13)14/h3-6,8,16H,2H2,1H3. The van der Waals surface area contributed by atoms with Crippen LogP contribution in [0.5, 0.6) is 0 Å². The predicted molar refractivity (Wildman–Crippen MR) is 61.5 cm³/mol. The molecule has 1 unspecified atom stereocenters. The summed E-state index contributed by atoms with van der Waals surface area (Å²) in [5.41, 5.74) is -1.25. The van der Waals surface area contributed by atoms with Gasteiger partial charge in [-0.25, -0.2) is 8.42 Å². The van der Waals surface area contributed by atoms with Crippen LogP contribution in [0.2, 0.25) is 0 Å². The Hall–Kier alpha value is -1.59. The highest BCUT2D eigenvalue weighted by molar-refractivity contribution is 7.89. The van der Waals surface area contributed by atoms with E-state index < -0.39 is 32.7 Å². The molecule has 1 aromatic rings. The van der Waals surface area contributed by atoms with Crippen molar-refractivity contribution in [2.75, 3.05) is 0 Å². The fraction of sp³-hybridized carbons (Fsp3) is 0.364. The lowest BCUT2D eigenvalue weighted by atomic mass is 10.2. The van der Waals surface area contributed by atoms with Crippen molar-refractivity contribution in [1.29, 1.82) is 5.26 Å². The molecule has 0 aliphatic rings. The van der Waals surface area contributed by atoms with Crippen LogP contribution < -0.4 is 4.72 Å². The van der Waals surface area contributed by atoms with Crippen LogP contribution in [0.15, 0.2) is 29.2 Å². The molecule has 0 aromatic heterocycles. The average Bonchev–Trinajstić information content (AvgIpc) is 2.35. The second-order valence-electron chi connectivity index (χ2n) is 3.71. The molecule has 1 atom stereocenters. The first-order chi connectivity index (χ1) is 8.72. The number of benzene rings is 1. The minimum Gasteiger partial charge on any atom is -0.207 e. The third-order valence-corrected chi connectivity index (χ3v) is 3.87. The molecule has 1 rings (SSSR count). The molecular weight excluding hydrogens is 281 g/mol. The highest BCUT2D eigenvalue weighted by atomic mass is 32.2. The molecule has 4 nitrogen and oxygen atoms in total. The zero-order chi connectivity index (χ0) is 14.7. The van der Waals surface area contributed by atoms with Crippen LogP contribution in [0.4, 0.5) is 13.2 Å². The number of sulfonamides is 1. The van der Waals surface area contributed by atoms with Crippen LogP contribution in [0.3, 0.4) is 0 Å². The minimum atomic E-state index is -4.78. The summed E-state index contributed by atoms with van der Waals surface area (Å²) in [5.74, 6) is 0. The van der Waals surface area contributed by atoms with Gasteiger partial charge in [-0.3, -0.25) is 0 Å². The van der Waals surface area contributed by atoms with Gasteiger partial charge in [0, 0.05) is 0 Å². The van der Waals surface area contributed by atoms with Gasteiger partial charge < -0.3 is 0 Å². The first kappa shape index (κ1) is 15.5. The first-order valence-corrected chi connectivity index (χ1v) is 6.79. The summed E-state index contributed by atoms with van der Waals surface area (Å²) >= 11 is 0. The van der Waals surface area contributed by atoms with Crippen molar-refractivity contribution in [3.63, 3.8) is 0 Å². The number of halogens is 3. The Kier molecular flexibility index (Phi) is 4.55. The lowest BCUT2D eigenvalue weighted by Crippen LogP contribution is -2.34. The molecule has 0 amide bonds. The van der Waals surface area contributed by atoms with Gasteiger partial charge in [0.25, 0.3) is 0 Å². The molecule has 0 bridgehead atoms. The largest absolute Gasteiger partial charge is 0.417 e. The monoisotopic (exact) mass is 292 g/mol. The van der Waals surface area contributed by atoms with E-state index in [1.54, 1.807) is 13.0 Å². The molecule has 0 spiro atoms. The molecule has 0 saturated carbocycles. The van der Waals surface area contributed by atoms with Crippen molar-refractivity contribution >= 4 is 10.0 Å². The zero-order valence-corrected chi connectivity index (χ0v) is 10.7. The molecule has 1 N–H and O–H groups in total. The van der Waals surface area contributed by atoms with Gasteiger partial charge in [0.2, 0.25) is 10.0 Å². The van der Waals surface area contributed by atoms with Crippen molar-refractivity contribution in [2.45, 2.75) is 30.5 Å². The van der Waals surface area contributed by atoms with Gasteiger partial charge in [-0.05, 0) is 18.6 Å². The number of hydrogen-bond acceptors (Lipinski definition) is 3. The number of nitrogens with one attached hydrogen (secondary N) is 1. The van der Waals surface area contributed by atoms with Gasteiger partial charge in [-0.1, -0.05) is 19.1 Å². The normalized spacial score (nSPS) is 13.8. The maximum atomic E-state index is 12.7. The summed E-state index contributed by atoms with van der Waals surface area (Å²) in [6.45, 7) is 1.55. The van der Waals surface area contributed by atoms with E-state index >= 15 is 0 Å². The maximum absolute atomic E-state index is 12.7. The topological polar surface area (TPSA) is 70.0 Å². The highest BCUT2D eigenvalue weighted by Crippen LogP contribution is 2.33. The number of alkyl halides is 3. The Balaban J connectivity index is 3.27. The SMILES string of the molecule is CCC(C#N)NS(=O)(=O)c1ccccc1C(F)(F)F. The molecule has 0 radical (unpaired) electrons. The Labute approximate surface area is 108 Å². The van der Waals surface area contributed by atoms with Crippen LogP contribution in [-0.4, -0.2) is 14.5 Å². The van der Waals surface area contributed by atoms with Crippen LogP contribution in [0, 0.1) is 11.3 Å². The Morgan fingerprint density at radius 3 is 2.42 bits per heavy atom. The molecule has 0 aliphatic carbocycles. The molecule has 0 saturated heterocycles. The molecule has 0 heterocycles. The number of nitrogens with zero attached hydrogens (tertiary/aromatic N) is 1. The summed E-state index contributed by atoms with van der Waals surface area (Å²) in [7, 11) is -4.39. The zero-order valence-electron chi connectivity index (χ0n) is 9.90. The first-order valence-electron chi connectivity index (χ1n) is 5.30. The van der Waals surface area contributed by atoms with E-state index in [9.17, 15) is 21.6 Å². The van der Waals surface area contributed by atoms with Gasteiger partial charge in [-0.15, -0.1) is 0 Å². The Bertz CT molecular complexity index is 591. The summed E-state index contributed by atoms with van der Waals surface area (Å²) in [5, 5.41) is 8.67. The van der Waals surface area contributed by atoms with E-state index in [0.29, 0.717) is 6.07 Å². The molecular formula is C11H11F3N2O2S. The van der Waals surface area contributed by atoms with Gasteiger partial charge in [-0.2, -0.15) is 23.2 Å². The fourth-order valence-electron chi connectivity index (χ4n) is 1.39. The Morgan fingerprint density at radius 2 is 1.95 bits per heavy atom. The van der Waals surface area contributed by atoms with Crippen molar-refractivity contribution in [3.8, 4) is 6.07 Å². The molecule has 0 aliphatic heterocycles. The van der Waals surface area contributed by atoms with E-state index in [0.717, 1.165) is 12.1 Å². The van der Waals surface area contributed by atoms with E-state index in [4.69, 9.17) is 5.26 Å². The molecule has 8 heteroatoms. The summed E-state index contributed by atoms with van der Waals surface area (Å²) in [6, 6.07) is 4.43. The lowest BCUT2D eigenvalue weighted by Gasteiger charge is -2.15. The third-order valence-electron chi connectivity index (χ3n) is 2.34. The van der Waals surface area contributed by atoms with Crippen molar-refractivity contribution in [2.24, 2.45) is 0 Å². The second kappa shape index (κ2) is 5.59. The summed E-state index contributed by atoms with van der Waals surface area (Å²) < 4.78 is 63.8. The fourth-order valence-corrected chi connectivity index (χ4v) is 2.84. The van der Waals surface area contributed by atoms with E-state index in [-0.39, 0.29) is 6.42 Å². The predicted octanol–water partition coefficient (Wildman–Crippen LogP) is 2.29. The van der Waals surface area contributed by atoms with E-state index in [1.807, 2.05) is 4.72 Å². The van der Waals surface area contributed by atoms with Crippen molar-refractivity contribution in [3.05, 3.63) is 29.8 Å². The number of nitriles is 1. The third kappa shape index (κ3) is 3.68. The maximum Gasteiger partial charge on any atom is 0.417 e. The Morgan fingerprint density at radius 1 is 1.37 bits per heavy atom. The van der Waals surface area contributed by atoms with Crippen molar-refractivity contribution in [1.82, 2.24) is 4.72 Å². The molecule has 19 heavy (non-hydrogen) atoms. The summed E-state index contributed by atoms with van der Waals surface area (Å²) in [4.78, 5) is -0.879. The van der Waals surface area contributed by atoms with Gasteiger partial charge >= 0.3 is 6.18 Å². The van der Waals surface area contributed by atoms with Crippen LogP contribution in [-0.2, 0) is 16.2 Å². The summed E-state index contributed by atoms with van der Waals surface area (Å²) in [6.07, 6.45) is -4.62. The van der Waals surface area contributed by atoms with Gasteiger partial charge in [0.1, 0.15) is 6.04 Å². The molecule has 104 valence electrons. The minimum absolute atomic E-state index is 0.157. The second-order valence-corrected chi connectivity index (χ2v) is 5.39. The molecule has 1 aromatic carbocycles. The average molecular weight is 292 g/mol. The number of hydrogen-bond donors (Lipinski definition) is 1. The van der Waals surface area contributed by atoms with Crippen LogP contribution >= 0.6 is 0 Å². The van der Waals surface area contributed by atoms with Crippen LogP contribution in [0.1, 0.15) is 18.9 Å². The van der Waals surface area contributed by atoms with E-state index in [2.05, 4.69) is 0 Å². The van der Waals surface area contributed by atoms with Gasteiger partial charge in [0.05, 0.1) is 16.5 Å².